The summed E-state index contributed by atoms with van der Waals surface area (Å²) in [6.45, 7) is 2.05. The van der Waals surface area contributed by atoms with E-state index >= 15 is 0 Å². The first-order valence-corrected chi connectivity index (χ1v) is 4.79. The Morgan fingerprint density at radius 3 is 2.79 bits per heavy atom. The summed E-state index contributed by atoms with van der Waals surface area (Å²) in [6, 6.07) is 8.08. The highest BCUT2D eigenvalue weighted by atomic mass is 32.1. The maximum absolute atomic E-state index is 5.18. The summed E-state index contributed by atoms with van der Waals surface area (Å²) in [7, 11) is 0. The molecule has 14 heavy (non-hydrogen) atoms. The van der Waals surface area contributed by atoms with Crippen LogP contribution in [0.2, 0.25) is 0 Å². The molecule has 0 aliphatic heterocycles. The Morgan fingerprint density at radius 2 is 2.07 bits per heavy atom. The molecule has 0 bridgehead atoms. The van der Waals surface area contributed by atoms with Crippen molar-refractivity contribution in [3.8, 4) is 11.3 Å². The average Bonchev–Trinajstić information content (AvgIpc) is 2.20. The molecule has 1 aromatic carbocycles. The fraction of sp³-hybridized carbons (Fsp3) is 0.0909. The van der Waals surface area contributed by atoms with Gasteiger partial charge in [0.25, 0.3) is 0 Å². The fourth-order valence-electron chi connectivity index (χ4n) is 1.38. The van der Waals surface area contributed by atoms with Crippen LogP contribution in [-0.4, -0.2) is 9.97 Å². The van der Waals surface area contributed by atoms with Gasteiger partial charge in [0.15, 0.2) is 0 Å². The second-order valence-electron chi connectivity index (χ2n) is 3.08. The predicted molar refractivity (Wildman–Crippen MR) is 59.6 cm³/mol. The molecule has 0 spiro atoms. The van der Waals surface area contributed by atoms with Gasteiger partial charge in [-0.25, -0.2) is 0 Å². The van der Waals surface area contributed by atoms with Gasteiger partial charge in [-0.2, -0.15) is 0 Å². The zero-order chi connectivity index (χ0) is 9.97. The van der Waals surface area contributed by atoms with Crippen LogP contribution in [0.5, 0.6) is 0 Å². The first-order valence-electron chi connectivity index (χ1n) is 4.39. The van der Waals surface area contributed by atoms with Gasteiger partial charge in [-0.15, -0.1) is 0 Å². The number of hydrogen-bond acceptors (Lipinski definition) is 2. The molecule has 0 aliphatic carbocycles. The number of aromatic nitrogens is 2. The molecule has 1 aromatic heterocycles. The van der Waals surface area contributed by atoms with Crippen LogP contribution in [0.15, 0.2) is 36.7 Å². The van der Waals surface area contributed by atoms with E-state index in [1.54, 1.807) is 12.4 Å². The number of benzene rings is 1. The van der Waals surface area contributed by atoms with Crippen molar-refractivity contribution in [3.63, 3.8) is 0 Å². The Balaban J connectivity index is 2.67. The van der Waals surface area contributed by atoms with E-state index in [0.29, 0.717) is 4.64 Å². The van der Waals surface area contributed by atoms with E-state index in [0.717, 1.165) is 11.3 Å². The van der Waals surface area contributed by atoms with E-state index in [1.807, 2.05) is 18.2 Å². The summed E-state index contributed by atoms with van der Waals surface area (Å²) in [5, 5.41) is 0. The minimum atomic E-state index is 0.682. The van der Waals surface area contributed by atoms with Gasteiger partial charge in [0.2, 0.25) is 0 Å². The molecule has 70 valence electrons. The number of H-pyrrole nitrogens is 1. The third-order valence-electron chi connectivity index (χ3n) is 2.11. The quantitative estimate of drug-likeness (QED) is 0.720. The second-order valence-corrected chi connectivity index (χ2v) is 3.49. The first kappa shape index (κ1) is 9.09. The highest BCUT2D eigenvalue weighted by Gasteiger charge is 2.03. The highest BCUT2D eigenvalue weighted by molar-refractivity contribution is 7.71. The maximum atomic E-state index is 5.18. The number of rotatable bonds is 1. The van der Waals surface area contributed by atoms with Gasteiger partial charge in [0.1, 0.15) is 10.3 Å². The van der Waals surface area contributed by atoms with Crippen molar-refractivity contribution in [2.75, 3.05) is 0 Å². The highest BCUT2D eigenvalue weighted by Crippen LogP contribution is 2.20. The largest absolute Gasteiger partial charge is 0.350 e. The number of aromatic amines is 1. The summed E-state index contributed by atoms with van der Waals surface area (Å²) in [4.78, 5) is 7.25. The molecule has 0 fully saturated rings. The topological polar surface area (TPSA) is 28.7 Å². The molecule has 1 heterocycles. The van der Waals surface area contributed by atoms with Crippen molar-refractivity contribution in [1.82, 2.24) is 9.97 Å². The molecule has 2 rings (SSSR count). The van der Waals surface area contributed by atoms with Crippen LogP contribution >= 0.6 is 12.2 Å². The number of aryl methyl sites for hydroxylation is 1. The molecule has 0 unspecified atom stereocenters. The lowest BCUT2D eigenvalue weighted by molar-refractivity contribution is 1.18. The van der Waals surface area contributed by atoms with Crippen molar-refractivity contribution in [3.05, 3.63) is 46.9 Å². The molecular formula is C11H10N2S. The van der Waals surface area contributed by atoms with E-state index < -0.39 is 0 Å². The predicted octanol–water partition coefficient (Wildman–Crippen LogP) is 3.11. The van der Waals surface area contributed by atoms with Crippen molar-refractivity contribution < 1.29 is 0 Å². The Kier molecular flexibility index (Phi) is 2.41. The Bertz CT molecular complexity index is 502. The molecule has 0 saturated carbocycles. The van der Waals surface area contributed by atoms with Crippen LogP contribution < -0.4 is 0 Å². The third kappa shape index (κ3) is 1.59. The van der Waals surface area contributed by atoms with Gasteiger partial charge in [-0.1, -0.05) is 36.5 Å². The molecule has 2 aromatic rings. The monoisotopic (exact) mass is 202 g/mol. The van der Waals surface area contributed by atoms with Crippen LogP contribution in [0.25, 0.3) is 11.3 Å². The fourth-order valence-corrected chi connectivity index (χ4v) is 1.61. The molecule has 0 aliphatic rings. The van der Waals surface area contributed by atoms with E-state index in [2.05, 4.69) is 23.0 Å². The lowest BCUT2D eigenvalue weighted by Crippen LogP contribution is -1.89. The van der Waals surface area contributed by atoms with Gasteiger partial charge in [-0.3, -0.25) is 4.98 Å². The zero-order valence-corrected chi connectivity index (χ0v) is 8.64. The SMILES string of the molecule is Cc1ccccc1-c1ncc[nH]c1=S. The van der Waals surface area contributed by atoms with Crippen molar-refractivity contribution >= 4 is 12.2 Å². The Morgan fingerprint density at radius 1 is 1.29 bits per heavy atom. The molecule has 3 heteroatoms. The van der Waals surface area contributed by atoms with E-state index in [9.17, 15) is 0 Å². The second kappa shape index (κ2) is 3.72. The van der Waals surface area contributed by atoms with E-state index in [4.69, 9.17) is 12.2 Å². The molecule has 1 N–H and O–H groups in total. The van der Waals surface area contributed by atoms with Crippen molar-refractivity contribution in [2.24, 2.45) is 0 Å². The number of hydrogen-bond donors (Lipinski definition) is 1. The molecule has 0 atom stereocenters. The Labute approximate surface area is 87.7 Å². The van der Waals surface area contributed by atoms with Crippen LogP contribution in [0.4, 0.5) is 0 Å². The third-order valence-corrected chi connectivity index (χ3v) is 2.42. The van der Waals surface area contributed by atoms with E-state index in [1.165, 1.54) is 5.56 Å². The van der Waals surface area contributed by atoms with Gasteiger partial charge in [0.05, 0.1) is 0 Å². The van der Waals surface area contributed by atoms with Crippen LogP contribution in [0.1, 0.15) is 5.56 Å². The van der Waals surface area contributed by atoms with Crippen LogP contribution in [-0.2, 0) is 0 Å². The van der Waals surface area contributed by atoms with Crippen molar-refractivity contribution in [1.29, 1.82) is 0 Å². The summed E-state index contributed by atoms with van der Waals surface area (Å²) in [6.07, 6.45) is 3.46. The summed E-state index contributed by atoms with van der Waals surface area (Å²) in [5.74, 6) is 0. The lowest BCUT2D eigenvalue weighted by atomic mass is 10.1. The summed E-state index contributed by atoms with van der Waals surface area (Å²) >= 11 is 5.18. The van der Waals surface area contributed by atoms with Gasteiger partial charge >= 0.3 is 0 Å². The minimum absolute atomic E-state index is 0.682. The number of nitrogens with one attached hydrogen (secondary N) is 1. The van der Waals surface area contributed by atoms with Gasteiger partial charge in [-0.05, 0) is 12.5 Å². The molecule has 0 amide bonds. The lowest BCUT2D eigenvalue weighted by Gasteiger charge is -2.03. The summed E-state index contributed by atoms with van der Waals surface area (Å²) < 4.78 is 0.682. The standard InChI is InChI=1S/C11H10N2S/c1-8-4-2-3-5-9(8)10-11(14)13-7-6-12-10/h2-7H,1H3,(H,13,14). The summed E-state index contributed by atoms with van der Waals surface area (Å²) in [5.41, 5.74) is 3.13. The average molecular weight is 202 g/mol. The van der Waals surface area contributed by atoms with Crippen LogP contribution in [0.3, 0.4) is 0 Å². The van der Waals surface area contributed by atoms with Crippen molar-refractivity contribution in [2.45, 2.75) is 6.92 Å². The molecule has 2 nitrogen and oxygen atoms in total. The minimum Gasteiger partial charge on any atom is -0.350 e. The smallest absolute Gasteiger partial charge is 0.129 e. The molecule has 0 saturated heterocycles. The maximum Gasteiger partial charge on any atom is 0.129 e. The van der Waals surface area contributed by atoms with Gasteiger partial charge < -0.3 is 4.98 Å². The first-order chi connectivity index (χ1) is 6.79. The zero-order valence-electron chi connectivity index (χ0n) is 7.82. The molecular weight excluding hydrogens is 192 g/mol. The number of nitrogens with zero attached hydrogens (tertiary/aromatic N) is 1. The molecule has 0 radical (unpaired) electrons. The Hall–Kier alpha value is -1.48. The van der Waals surface area contributed by atoms with Gasteiger partial charge in [0, 0.05) is 18.0 Å². The normalized spacial score (nSPS) is 10.1. The van der Waals surface area contributed by atoms with E-state index in [-0.39, 0.29) is 0 Å². The van der Waals surface area contributed by atoms with Crippen LogP contribution in [0, 0.1) is 11.6 Å².